The average Bonchev–Trinajstić information content (AvgIpc) is 2.83. The monoisotopic (exact) mass is 497 g/mol. The van der Waals surface area contributed by atoms with Crippen LogP contribution in [0.3, 0.4) is 0 Å². The zero-order valence-electron chi connectivity index (χ0n) is 19.7. The standard InChI is InChI=1S/C28H36P.CH3Br/c1-4-15-25(16-5-2)23-24(3)29(26-17-9-6-10-18-26,27-19-11-7-12-20-27)28-21-13-8-14-22-28;1-2/h6-14,17-22,24-25H,4-5,15-16,23H2,1-3H3;1H3/q+1;. The van der Waals surface area contributed by atoms with Crippen LogP contribution in [0.4, 0.5) is 0 Å². The molecule has 0 N–H and O–H groups in total. The van der Waals surface area contributed by atoms with Gasteiger partial charge in [0.2, 0.25) is 0 Å². The number of rotatable bonds is 10. The Kier molecular flexibility index (Phi) is 11.6. The van der Waals surface area contributed by atoms with Crippen LogP contribution in [-0.2, 0) is 0 Å². The highest BCUT2D eigenvalue weighted by atomic mass is 79.9. The predicted molar refractivity (Wildman–Crippen MR) is 147 cm³/mol. The molecule has 0 saturated heterocycles. The quantitative estimate of drug-likeness (QED) is 0.196. The Morgan fingerprint density at radius 3 is 1.23 bits per heavy atom. The van der Waals surface area contributed by atoms with Gasteiger partial charge < -0.3 is 0 Å². The van der Waals surface area contributed by atoms with Crippen molar-refractivity contribution < 1.29 is 0 Å². The summed E-state index contributed by atoms with van der Waals surface area (Å²) >= 11 is 2.94. The average molecular weight is 499 g/mol. The molecule has 3 aromatic rings. The maximum Gasteiger partial charge on any atom is 0.114 e. The minimum Gasteiger partial charge on any atom is -0.0966 e. The van der Waals surface area contributed by atoms with E-state index >= 15 is 0 Å². The lowest BCUT2D eigenvalue weighted by Gasteiger charge is -2.34. The van der Waals surface area contributed by atoms with Gasteiger partial charge in [-0.25, -0.2) is 0 Å². The summed E-state index contributed by atoms with van der Waals surface area (Å²) in [5, 5.41) is 4.53. The fourth-order valence-corrected chi connectivity index (χ4v) is 10.0. The van der Waals surface area contributed by atoms with Crippen LogP contribution < -0.4 is 15.9 Å². The summed E-state index contributed by atoms with van der Waals surface area (Å²) in [4.78, 5) is 0. The van der Waals surface area contributed by atoms with Crippen molar-refractivity contribution in [2.24, 2.45) is 5.92 Å². The maximum atomic E-state index is 2.94. The van der Waals surface area contributed by atoms with Crippen molar-refractivity contribution in [3.05, 3.63) is 91.0 Å². The van der Waals surface area contributed by atoms with Gasteiger partial charge in [0.1, 0.15) is 23.2 Å². The molecule has 0 radical (unpaired) electrons. The molecule has 0 heterocycles. The Morgan fingerprint density at radius 2 is 0.935 bits per heavy atom. The fourth-order valence-electron chi connectivity index (χ4n) is 5.04. The molecule has 1 atom stereocenters. The van der Waals surface area contributed by atoms with Crippen molar-refractivity contribution >= 4 is 39.1 Å². The van der Waals surface area contributed by atoms with Crippen LogP contribution in [0.2, 0.25) is 0 Å². The molecule has 0 bridgehead atoms. The van der Waals surface area contributed by atoms with Crippen LogP contribution in [0.25, 0.3) is 0 Å². The first-order valence-corrected chi connectivity index (χ1v) is 15.1. The third-order valence-electron chi connectivity index (χ3n) is 6.22. The second-order valence-electron chi connectivity index (χ2n) is 8.26. The van der Waals surface area contributed by atoms with E-state index in [0.29, 0.717) is 5.66 Å². The molecule has 3 rings (SSSR count). The molecule has 0 aliphatic carbocycles. The molecule has 31 heavy (non-hydrogen) atoms. The Bertz CT molecular complexity index is 730. The molecule has 0 aromatic heterocycles. The van der Waals surface area contributed by atoms with E-state index in [4.69, 9.17) is 0 Å². The zero-order valence-corrected chi connectivity index (χ0v) is 22.2. The van der Waals surface area contributed by atoms with Gasteiger partial charge in [0.05, 0.1) is 5.66 Å². The number of hydrogen-bond acceptors (Lipinski definition) is 0. The van der Waals surface area contributed by atoms with Crippen molar-refractivity contribution in [2.45, 2.75) is 58.5 Å². The summed E-state index contributed by atoms with van der Waals surface area (Å²) in [7, 11) is -1.75. The molecule has 3 aromatic carbocycles. The molecule has 0 nitrogen and oxygen atoms in total. The first kappa shape index (κ1) is 25.8. The Balaban J connectivity index is 0.00000166. The van der Waals surface area contributed by atoms with E-state index in [-0.39, 0.29) is 0 Å². The van der Waals surface area contributed by atoms with Crippen molar-refractivity contribution in [3.8, 4) is 0 Å². The summed E-state index contributed by atoms with van der Waals surface area (Å²) in [6.45, 7) is 7.20. The summed E-state index contributed by atoms with van der Waals surface area (Å²) < 4.78 is 0. The van der Waals surface area contributed by atoms with Gasteiger partial charge in [-0.05, 0) is 61.5 Å². The first-order valence-electron chi connectivity index (χ1n) is 11.7. The SMILES string of the molecule is CBr.CCCC(CCC)CC(C)[P+](c1ccccc1)(c1ccccc1)c1ccccc1. The lowest BCUT2D eigenvalue weighted by Crippen LogP contribution is -2.38. The second-order valence-corrected chi connectivity index (χ2v) is 12.1. The molecular weight excluding hydrogens is 459 g/mol. The van der Waals surface area contributed by atoms with Crippen molar-refractivity contribution in [3.63, 3.8) is 0 Å². The van der Waals surface area contributed by atoms with E-state index in [0.717, 1.165) is 5.92 Å². The largest absolute Gasteiger partial charge is 0.114 e. The lowest BCUT2D eigenvalue weighted by molar-refractivity contribution is 0.410. The second kappa shape index (κ2) is 13.9. The minimum absolute atomic E-state index is 0.609. The summed E-state index contributed by atoms with van der Waals surface area (Å²) in [6.07, 6.45) is 6.55. The molecule has 0 aliphatic rings. The third kappa shape index (κ3) is 6.30. The molecule has 0 spiro atoms. The van der Waals surface area contributed by atoms with E-state index in [1.807, 2.05) is 5.83 Å². The van der Waals surface area contributed by atoms with Crippen LogP contribution in [-0.4, -0.2) is 11.5 Å². The smallest absolute Gasteiger partial charge is 0.0966 e. The van der Waals surface area contributed by atoms with Crippen LogP contribution in [0.15, 0.2) is 91.0 Å². The van der Waals surface area contributed by atoms with Crippen molar-refractivity contribution in [1.82, 2.24) is 0 Å². The summed E-state index contributed by atoms with van der Waals surface area (Å²) in [6, 6.07) is 34.0. The molecular formula is C29H39BrP+. The molecule has 0 fully saturated rings. The van der Waals surface area contributed by atoms with Crippen LogP contribution in [0.5, 0.6) is 0 Å². The number of hydrogen-bond donors (Lipinski definition) is 0. The van der Waals surface area contributed by atoms with Gasteiger partial charge in [0, 0.05) is 0 Å². The molecule has 2 heteroatoms. The van der Waals surface area contributed by atoms with Gasteiger partial charge in [-0.2, -0.15) is 0 Å². The Morgan fingerprint density at radius 1 is 0.613 bits per heavy atom. The topological polar surface area (TPSA) is 0 Å². The normalized spacial score (nSPS) is 12.2. The van der Waals surface area contributed by atoms with E-state index in [1.54, 1.807) is 0 Å². The maximum absolute atomic E-state index is 2.94. The van der Waals surface area contributed by atoms with E-state index in [1.165, 1.54) is 48.0 Å². The van der Waals surface area contributed by atoms with Crippen molar-refractivity contribution in [2.75, 3.05) is 5.83 Å². The minimum atomic E-state index is -1.75. The number of benzene rings is 3. The van der Waals surface area contributed by atoms with Crippen LogP contribution in [0.1, 0.15) is 52.9 Å². The number of alkyl halides is 1. The first-order chi connectivity index (χ1) is 15.2. The van der Waals surface area contributed by atoms with Gasteiger partial charge in [-0.15, -0.1) is 0 Å². The van der Waals surface area contributed by atoms with Gasteiger partial charge in [-0.1, -0.05) is 110 Å². The molecule has 166 valence electrons. The Labute approximate surface area is 200 Å². The van der Waals surface area contributed by atoms with E-state index < -0.39 is 7.26 Å². The Hall–Kier alpha value is -1.43. The molecule has 0 saturated carbocycles. The van der Waals surface area contributed by atoms with E-state index in [9.17, 15) is 0 Å². The van der Waals surface area contributed by atoms with Gasteiger partial charge in [-0.3, -0.25) is 0 Å². The highest BCUT2D eigenvalue weighted by Crippen LogP contribution is 2.61. The fraction of sp³-hybridized carbons (Fsp3) is 0.379. The highest BCUT2D eigenvalue weighted by Gasteiger charge is 2.50. The number of halogens is 1. The molecule has 1 unspecified atom stereocenters. The summed E-state index contributed by atoms with van der Waals surface area (Å²) in [5.74, 6) is 2.63. The van der Waals surface area contributed by atoms with Crippen LogP contribution >= 0.6 is 23.2 Å². The van der Waals surface area contributed by atoms with Gasteiger partial charge in [0.15, 0.2) is 0 Å². The zero-order chi connectivity index (χ0) is 22.5. The van der Waals surface area contributed by atoms with Crippen molar-refractivity contribution in [1.29, 1.82) is 0 Å². The van der Waals surface area contributed by atoms with Gasteiger partial charge >= 0.3 is 0 Å². The van der Waals surface area contributed by atoms with Crippen LogP contribution in [0, 0.1) is 5.92 Å². The predicted octanol–water partition coefficient (Wildman–Crippen LogP) is 7.99. The third-order valence-corrected chi connectivity index (χ3v) is 11.1. The highest BCUT2D eigenvalue weighted by molar-refractivity contribution is 9.08. The summed E-state index contributed by atoms with van der Waals surface area (Å²) in [5.41, 5.74) is 0.609. The van der Waals surface area contributed by atoms with E-state index in [2.05, 4.69) is 128 Å². The molecule has 0 amide bonds. The van der Waals surface area contributed by atoms with Gasteiger partial charge in [0.25, 0.3) is 0 Å². The molecule has 0 aliphatic heterocycles. The lowest BCUT2D eigenvalue weighted by atomic mass is 9.93.